The van der Waals surface area contributed by atoms with Gasteiger partial charge in [0, 0.05) is 50.0 Å². The van der Waals surface area contributed by atoms with Crippen LogP contribution in [0.15, 0.2) is 36.4 Å². The van der Waals surface area contributed by atoms with E-state index >= 15 is 0 Å². The Kier molecular flexibility index (Phi) is 16.3. The normalized spacial score (nSPS) is 12.6. The third-order valence-electron chi connectivity index (χ3n) is 5.51. The van der Waals surface area contributed by atoms with Crippen molar-refractivity contribution >= 4 is 74.7 Å². The highest BCUT2D eigenvalue weighted by molar-refractivity contribution is 6.67. The summed E-state index contributed by atoms with van der Waals surface area (Å²) in [5.74, 6) is -0.630. The topological polar surface area (TPSA) is 162 Å². The maximum atomic E-state index is 11.6. The molecule has 12 nitrogen and oxygen atoms in total. The Bertz CT molecular complexity index is 1230. The lowest BCUT2D eigenvalue weighted by Gasteiger charge is -2.28. The van der Waals surface area contributed by atoms with E-state index in [-0.39, 0.29) is 39.9 Å². The van der Waals surface area contributed by atoms with Gasteiger partial charge in [0.1, 0.15) is 5.88 Å². The number of esters is 1. The summed E-state index contributed by atoms with van der Waals surface area (Å²) in [5, 5.41) is 23.8. The molecule has 0 radical (unpaired) electrons. The summed E-state index contributed by atoms with van der Waals surface area (Å²) >= 11 is 15.1. The summed E-state index contributed by atoms with van der Waals surface area (Å²) in [7, 11) is 0. The van der Waals surface area contributed by atoms with Crippen molar-refractivity contribution in [1.82, 2.24) is 0 Å². The predicted molar refractivity (Wildman–Crippen MR) is 158 cm³/mol. The number of ether oxygens (including phenoxy) is 1. The van der Waals surface area contributed by atoms with Gasteiger partial charge in [-0.2, -0.15) is 0 Å². The number of rotatable bonds is 5. The molecule has 0 aromatic heterocycles. The number of amides is 1. The first-order chi connectivity index (χ1) is 19.4. The molecule has 0 saturated carbocycles. The van der Waals surface area contributed by atoms with Crippen molar-refractivity contribution in [2.24, 2.45) is 0 Å². The van der Waals surface area contributed by atoms with E-state index in [0.717, 1.165) is 43.5 Å². The van der Waals surface area contributed by atoms with Gasteiger partial charge in [-0.1, -0.05) is 12.1 Å². The van der Waals surface area contributed by atoms with Crippen molar-refractivity contribution in [1.29, 1.82) is 0 Å². The van der Waals surface area contributed by atoms with E-state index in [2.05, 4.69) is 10.1 Å². The molecule has 0 atom stereocenters. The number of hydrogen-bond acceptors (Lipinski definition) is 9. The van der Waals surface area contributed by atoms with E-state index in [9.17, 15) is 34.6 Å². The smallest absolute Gasteiger partial charge is 0.302 e. The fourth-order valence-electron chi connectivity index (χ4n) is 3.77. The molecule has 2 aliphatic heterocycles. The molecule has 41 heavy (non-hydrogen) atoms. The average Bonchev–Trinajstić information content (AvgIpc) is 2.96. The van der Waals surface area contributed by atoms with Gasteiger partial charge in [0.25, 0.3) is 11.4 Å². The number of fused-ring (bicyclic) bond motifs is 2. The minimum Gasteiger partial charge on any atom is -0.466 e. The van der Waals surface area contributed by atoms with E-state index < -0.39 is 10.2 Å². The minimum atomic E-state index is -0.508. The number of carbonyl (C=O) groups is 3. The fourth-order valence-corrected chi connectivity index (χ4v) is 3.92. The van der Waals surface area contributed by atoms with Gasteiger partial charge in [0.15, 0.2) is 0 Å². The molecule has 0 fully saturated rings. The molecule has 2 aromatic carbocycles. The summed E-state index contributed by atoms with van der Waals surface area (Å²) in [5.41, 5.74) is 3.83. The second-order valence-corrected chi connectivity index (χ2v) is 9.35. The number of nitrogens with one attached hydrogen (secondary N) is 1. The van der Waals surface area contributed by atoms with Crippen molar-refractivity contribution in [3.63, 3.8) is 0 Å². The van der Waals surface area contributed by atoms with Gasteiger partial charge in [0.05, 0.1) is 28.0 Å². The molecule has 2 heterocycles. The zero-order valence-corrected chi connectivity index (χ0v) is 24.8. The monoisotopic (exact) mass is 632 g/mol. The van der Waals surface area contributed by atoms with Crippen LogP contribution in [-0.2, 0) is 32.0 Å². The van der Waals surface area contributed by atoms with E-state index in [1.807, 2.05) is 6.07 Å². The fraction of sp³-hybridized carbons (Fsp3) is 0.423. The van der Waals surface area contributed by atoms with Gasteiger partial charge in [-0.3, -0.25) is 34.6 Å². The first-order valence-corrected chi connectivity index (χ1v) is 13.9. The van der Waals surface area contributed by atoms with Gasteiger partial charge >= 0.3 is 5.97 Å². The molecule has 2 aromatic rings. The third kappa shape index (κ3) is 12.7. The van der Waals surface area contributed by atoms with E-state index in [4.69, 9.17) is 34.8 Å². The third-order valence-corrected chi connectivity index (χ3v) is 6.25. The number of non-ortho nitro benzene ring substituents is 2. The van der Waals surface area contributed by atoms with Crippen molar-refractivity contribution < 1.29 is 29.0 Å². The molecule has 0 unspecified atom stereocenters. The number of alkyl halides is 2. The van der Waals surface area contributed by atoms with Gasteiger partial charge in [-0.25, -0.2) is 0 Å². The van der Waals surface area contributed by atoms with Crippen LogP contribution in [0.1, 0.15) is 37.8 Å². The Morgan fingerprint density at radius 2 is 1.51 bits per heavy atom. The van der Waals surface area contributed by atoms with Gasteiger partial charge in [-0.05, 0) is 55.3 Å². The lowest BCUT2D eigenvalue weighted by Crippen LogP contribution is -2.36. The summed E-state index contributed by atoms with van der Waals surface area (Å²) in [6.07, 6.45) is 3.80. The van der Waals surface area contributed by atoms with Gasteiger partial charge < -0.3 is 15.0 Å². The van der Waals surface area contributed by atoms with Crippen molar-refractivity contribution in [2.75, 3.05) is 41.7 Å². The number of nitro benzene ring substituents is 2. The molecule has 1 amide bonds. The van der Waals surface area contributed by atoms with Crippen LogP contribution in [0.4, 0.5) is 22.7 Å². The van der Waals surface area contributed by atoms with Crippen LogP contribution < -0.4 is 10.2 Å². The quantitative estimate of drug-likeness (QED) is 0.145. The number of halogens is 3. The van der Waals surface area contributed by atoms with E-state index in [1.54, 1.807) is 25.1 Å². The lowest BCUT2D eigenvalue weighted by molar-refractivity contribution is -0.385. The van der Waals surface area contributed by atoms with Crippen LogP contribution in [0, 0.1) is 20.2 Å². The Labute approximate surface area is 252 Å². The van der Waals surface area contributed by atoms with Crippen LogP contribution >= 0.6 is 34.8 Å². The van der Waals surface area contributed by atoms with Gasteiger partial charge in [0.2, 0.25) is 11.1 Å². The number of nitrogens with zero attached hydrogens (tertiary/aromatic N) is 3. The van der Waals surface area contributed by atoms with Crippen LogP contribution in [0.5, 0.6) is 0 Å². The highest BCUT2D eigenvalue weighted by Gasteiger charge is 2.24. The molecule has 4 rings (SSSR count). The van der Waals surface area contributed by atoms with E-state index in [0.29, 0.717) is 18.8 Å². The second kappa shape index (κ2) is 18.8. The minimum absolute atomic E-state index is 0.00183. The van der Waals surface area contributed by atoms with Crippen LogP contribution in [0.25, 0.3) is 0 Å². The number of aryl methyl sites for hydroxylation is 2. The molecule has 224 valence electrons. The van der Waals surface area contributed by atoms with Crippen molar-refractivity contribution in [3.8, 4) is 0 Å². The number of carbonyl (C=O) groups excluding carboxylic acids is 3. The Hall–Kier alpha value is -3.48. The van der Waals surface area contributed by atoms with Gasteiger partial charge in [-0.15, -0.1) is 23.2 Å². The SMILES string of the molecule is CCOC(C)=O.O=C(CCl)N1CCCc2ccc([N+](=O)[O-])cc21.O=C(Cl)CCl.O=[N+]([O-])c1ccc2c(c1)NCCC2. The van der Waals surface area contributed by atoms with Crippen LogP contribution in [0.2, 0.25) is 0 Å². The standard InChI is InChI=1S/C11H11ClN2O3.C9H10N2O2.C4H8O2.C2H2Cl2O/c12-7-11(15)13-5-1-2-8-3-4-9(14(16)17)6-10(8)13;12-11(13)8-4-3-7-2-1-5-10-9(7)6-8;1-3-6-4(2)5;3-1-2(4)5/h3-4,6H,1-2,5,7H2;3-4,6,10H,1-2,5H2;3H2,1-2H3;1H2. The molecule has 0 bridgehead atoms. The average molecular weight is 634 g/mol. The molecule has 15 heteroatoms. The van der Waals surface area contributed by atoms with Crippen molar-refractivity contribution in [3.05, 3.63) is 67.8 Å². The summed E-state index contributed by atoms with van der Waals surface area (Å²) < 4.78 is 4.40. The first-order valence-electron chi connectivity index (χ1n) is 12.5. The van der Waals surface area contributed by atoms with E-state index in [1.165, 1.54) is 29.5 Å². The Balaban J connectivity index is 0.000000308. The number of hydrogen-bond donors (Lipinski definition) is 1. The maximum absolute atomic E-state index is 11.6. The molecule has 2 aliphatic rings. The highest BCUT2D eigenvalue weighted by Crippen LogP contribution is 2.31. The molecular formula is C26H31Cl3N4O8. The summed E-state index contributed by atoms with van der Waals surface area (Å²) in [6.45, 7) is 5.13. The molecule has 1 N–H and O–H groups in total. The number of nitro groups is 2. The number of benzene rings is 2. The summed E-state index contributed by atoms with van der Waals surface area (Å²) in [4.78, 5) is 52.8. The Morgan fingerprint density at radius 1 is 0.951 bits per heavy atom. The van der Waals surface area contributed by atoms with Crippen LogP contribution in [-0.4, -0.2) is 58.4 Å². The molecule has 0 saturated heterocycles. The number of anilines is 2. The predicted octanol–water partition coefficient (Wildman–Crippen LogP) is 5.63. The maximum Gasteiger partial charge on any atom is 0.302 e. The first kappa shape index (κ1) is 35.5. The highest BCUT2D eigenvalue weighted by atomic mass is 35.5. The molecule has 0 spiro atoms. The van der Waals surface area contributed by atoms with Crippen molar-refractivity contribution in [2.45, 2.75) is 39.5 Å². The summed E-state index contributed by atoms with van der Waals surface area (Å²) in [6, 6.07) is 9.62. The lowest BCUT2D eigenvalue weighted by atomic mass is 10.0. The molecule has 0 aliphatic carbocycles. The zero-order chi connectivity index (χ0) is 30.9. The largest absolute Gasteiger partial charge is 0.466 e. The zero-order valence-electron chi connectivity index (χ0n) is 22.6. The van der Waals surface area contributed by atoms with Crippen LogP contribution in [0.3, 0.4) is 0 Å². The second-order valence-electron chi connectivity index (χ2n) is 8.39. The Morgan fingerprint density at radius 3 is 2.00 bits per heavy atom. The molecular weight excluding hydrogens is 603 g/mol.